The first kappa shape index (κ1) is 20.2. The van der Waals surface area contributed by atoms with Crippen LogP contribution in [0.5, 0.6) is 0 Å². The van der Waals surface area contributed by atoms with Crippen LogP contribution < -0.4 is 16.0 Å². The van der Waals surface area contributed by atoms with E-state index in [1.165, 1.54) is 12.3 Å². The summed E-state index contributed by atoms with van der Waals surface area (Å²) >= 11 is 0. The highest BCUT2D eigenvalue weighted by atomic mass is 19.2. The standard InChI is InChI=1S/C18H20F2N4O3/c19-14-6-5-13(10-15(14)20)24-12-27-11-17(25)22-8-3-9-23-18(26)16-4-1-2-7-21-16/h1-2,4-7,10,24H,3,8-9,11-12H2,(H,22,25)(H,23,26). The summed E-state index contributed by atoms with van der Waals surface area (Å²) in [6.45, 7) is 0.561. The smallest absolute Gasteiger partial charge is 0.269 e. The second kappa shape index (κ2) is 10.8. The van der Waals surface area contributed by atoms with Crippen molar-refractivity contribution in [1.29, 1.82) is 0 Å². The first-order valence-corrected chi connectivity index (χ1v) is 8.29. The summed E-state index contributed by atoms with van der Waals surface area (Å²) in [7, 11) is 0. The van der Waals surface area contributed by atoms with Gasteiger partial charge in [-0.25, -0.2) is 8.78 Å². The first-order chi connectivity index (χ1) is 13.1. The van der Waals surface area contributed by atoms with Gasteiger partial charge in [0.15, 0.2) is 11.6 Å². The van der Waals surface area contributed by atoms with Crippen molar-refractivity contribution in [2.45, 2.75) is 6.42 Å². The van der Waals surface area contributed by atoms with Gasteiger partial charge in [-0.15, -0.1) is 0 Å². The van der Waals surface area contributed by atoms with E-state index >= 15 is 0 Å². The quantitative estimate of drug-likeness (QED) is 0.432. The van der Waals surface area contributed by atoms with Gasteiger partial charge in [0.05, 0.1) is 0 Å². The molecule has 0 saturated heterocycles. The minimum atomic E-state index is -0.965. The molecule has 2 amide bonds. The second-order valence-electron chi connectivity index (χ2n) is 5.47. The van der Waals surface area contributed by atoms with Gasteiger partial charge in [-0.05, 0) is 30.7 Å². The van der Waals surface area contributed by atoms with E-state index < -0.39 is 11.6 Å². The molecule has 0 aliphatic heterocycles. The molecule has 2 aromatic rings. The van der Waals surface area contributed by atoms with Crippen molar-refractivity contribution >= 4 is 17.5 Å². The first-order valence-electron chi connectivity index (χ1n) is 8.29. The van der Waals surface area contributed by atoms with Gasteiger partial charge < -0.3 is 20.7 Å². The Morgan fingerprint density at radius 3 is 2.59 bits per heavy atom. The molecule has 9 heteroatoms. The SMILES string of the molecule is O=C(COCNc1ccc(F)c(F)c1)NCCCNC(=O)c1ccccn1. The molecule has 0 bridgehead atoms. The average molecular weight is 378 g/mol. The maximum atomic E-state index is 13.0. The molecule has 0 spiro atoms. The van der Waals surface area contributed by atoms with E-state index in [4.69, 9.17) is 4.74 Å². The van der Waals surface area contributed by atoms with Gasteiger partial charge in [-0.2, -0.15) is 0 Å². The van der Waals surface area contributed by atoms with E-state index in [0.717, 1.165) is 12.1 Å². The van der Waals surface area contributed by atoms with Crippen molar-refractivity contribution in [3.63, 3.8) is 0 Å². The molecule has 0 saturated carbocycles. The molecule has 2 rings (SSSR count). The topological polar surface area (TPSA) is 92.4 Å². The average Bonchev–Trinajstić information content (AvgIpc) is 2.68. The van der Waals surface area contributed by atoms with Gasteiger partial charge in [0, 0.05) is 31.0 Å². The van der Waals surface area contributed by atoms with E-state index in [1.54, 1.807) is 18.2 Å². The zero-order valence-corrected chi connectivity index (χ0v) is 14.5. The Kier molecular flexibility index (Phi) is 8.11. The molecule has 0 aliphatic carbocycles. The molecule has 3 N–H and O–H groups in total. The Bertz CT molecular complexity index is 760. The van der Waals surface area contributed by atoms with Crippen molar-refractivity contribution in [2.75, 3.05) is 31.7 Å². The normalized spacial score (nSPS) is 10.3. The van der Waals surface area contributed by atoms with Crippen LogP contribution in [-0.4, -0.2) is 43.2 Å². The predicted molar refractivity (Wildman–Crippen MR) is 95.0 cm³/mol. The summed E-state index contributed by atoms with van der Waals surface area (Å²) in [6, 6.07) is 8.42. The van der Waals surface area contributed by atoms with Crippen LogP contribution in [0.3, 0.4) is 0 Å². The van der Waals surface area contributed by atoms with Crippen LogP contribution in [-0.2, 0) is 9.53 Å². The number of rotatable bonds is 10. The molecule has 1 heterocycles. The van der Waals surface area contributed by atoms with E-state index in [-0.39, 0.29) is 25.2 Å². The molecule has 0 unspecified atom stereocenters. The van der Waals surface area contributed by atoms with Crippen LogP contribution in [0, 0.1) is 11.6 Å². The minimum Gasteiger partial charge on any atom is -0.363 e. The number of ether oxygens (including phenoxy) is 1. The van der Waals surface area contributed by atoms with Crippen LogP contribution in [0.25, 0.3) is 0 Å². The largest absolute Gasteiger partial charge is 0.363 e. The van der Waals surface area contributed by atoms with Crippen LogP contribution in [0.1, 0.15) is 16.9 Å². The molecule has 144 valence electrons. The van der Waals surface area contributed by atoms with Crippen LogP contribution in [0.4, 0.5) is 14.5 Å². The van der Waals surface area contributed by atoms with Gasteiger partial charge in [0.25, 0.3) is 5.91 Å². The van der Waals surface area contributed by atoms with Crippen molar-refractivity contribution in [3.8, 4) is 0 Å². The summed E-state index contributed by atoms with van der Waals surface area (Å²) in [5.41, 5.74) is 0.682. The Balaban J connectivity index is 1.51. The number of hydrogen-bond donors (Lipinski definition) is 3. The maximum Gasteiger partial charge on any atom is 0.269 e. The third-order valence-electron chi connectivity index (χ3n) is 3.39. The molecule has 7 nitrogen and oxygen atoms in total. The highest BCUT2D eigenvalue weighted by Gasteiger charge is 2.06. The van der Waals surface area contributed by atoms with Crippen LogP contribution in [0.15, 0.2) is 42.6 Å². The molecule has 0 fully saturated rings. The van der Waals surface area contributed by atoms with Gasteiger partial charge in [-0.3, -0.25) is 14.6 Å². The number of benzene rings is 1. The van der Waals surface area contributed by atoms with E-state index in [9.17, 15) is 18.4 Å². The molecular formula is C18H20F2N4O3. The van der Waals surface area contributed by atoms with Crippen molar-refractivity contribution < 1.29 is 23.1 Å². The van der Waals surface area contributed by atoms with Crippen molar-refractivity contribution in [3.05, 3.63) is 59.9 Å². The Labute approximate surface area is 155 Å². The molecule has 0 aliphatic rings. The molecular weight excluding hydrogens is 358 g/mol. The number of nitrogens with zero attached hydrogens (tertiary/aromatic N) is 1. The number of halogens is 2. The lowest BCUT2D eigenvalue weighted by atomic mass is 10.3. The summed E-state index contributed by atoms with van der Waals surface area (Å²) in [5, 5.41) is 8.05. The number of aromatic nitrogens is 1. The van der Waals surface area contributed by atoms with Crippen molar-refractivity contribution in [2.24, 2.45) is 0 Å². The van der Waals surface area contributed by atoms with Gasteiger partial charge in [0.1, 0.15) is 19.0 Å². The summed E-state index contributed by atoms with van der Waals surface area (Å²) in [4.78, 5) is 27.3. The van der Waals surface area contributed by atoms with Crippen LogP contribution in [0.2, 0.25) is 0 Å². The van der Waals surface area contributed by atoms with Gasteiger partial charge >= 0.3 is 0 Å². The number of nitrogens with one attached hydrogen (secondary N) is 3. The molecule has 1 aromatic heterocycles. The fourth-order valence-corrected chi connectivity index (χ4v) is 2.04. The lowest BCUT2D eigenvalue weighted by Crippen LogP contribution is -2.32. The Morgan fingerprint density at radius 1 is 1.04 bits per heavy atom. The highest BCUT2D eigenvalue weighted by molar-refractivity contribution is 5.92. The fraction of sp³-hybridized carbons (Fsp3) is 0.278. The lowest BCUT2D eigenvalue weighted by Gasteiger charge is -2.09. The van der Waals surface area contributed by atoms with E-state index in [1.807, 2.05) is 0 Å². The second-order valence-corrected chi connectivity index (χ2v) is 5.47. The highest BCUT2D eigenvalue weighted by Crippen LogP contribution is 2.12. The number of hydrogen-bond acceptors (Lipinski definition) is 5. The van der Waals surface area contributed by atoms with Gasteiger partial charge in [0.2, 0.25) is 5.91 Å². The van der Waals surface area contributed by atoms with E-state index in [2.05, 4.69) is 20.9 Å². The van der Waals surface area contributed by atoms with E-state index in [0.29, 0.717) is 30.9 Å². The maximum absolute atomic E-state index is 13.0. The Hall–Kier alpha value is -3.07. The predicted octanol–water partition coefficient (Wildman–Crippen LogP) is 1.68. The molecule has 0 atom stereocenters. The molecule has 27 heavy (non-hydrogen) atoms. The zero-order chi connectivity index (χ0) is 19.5. The lowest BCUT2D eigenvalue weighted by molar-refractivity contribution is -0.125. The molecule has 1 aromatic carbocycles. The number of carbonyl (C=O) groups is 2. The zero-order valence-electron chi connectivity index (χ0n) is 14.5. The third-order valence-corrected chi connectivity index (χ3v) is 3.39. The van der Waals surface area contributed by atoms with Crippen molar-refractivity contribution in [1.82, 2.24) is 15.6 Å². The minimum absolute atomic E-state index is 0.0291. The number of carbonyl (C=O) groups excluding carboxylic acids is 2. The summed E-state index contributed by atoms with van der Waals surface area (Å²) in [5.74, 6) is -2.49. The summed E-state index contributed by atoms with van der Waals surface area (Å²) < 4.78 is 30.9. The third kappa shape index (κ3) is 7.37. The monoisotopic (exact) mass is 378 g/mol. The Morgan fingerprint density at radius 2 is 1.85 bits per heavy atom. The number of amides is 2. The number of pyridine rings is 1. The number of anilines is 1. The fourth-order valence-electron chi connectivity index (χ4n) is 2.04. The molecule has 0 radical (unpaired) electrons. The van der Waals surface area contributed by atoms with Crippen LogP contribution >= 0.6 is 0 Å². The summed E-state index contributed by atoms with van der Waals surface area (Å²) in [6.07, 6.45) is 2.09. The van der Waals surface area contributed by atoms with Gasteiger partial charge in [-0.1, -0.05) is 6.07 Å².